The summed E-state index contributed by atoms with van der Waals surface area (Å²) >= 11 is 18.1. The molecule has 0 radical (unpaired) electrons. The first-order valence-electron chi connectivity index (χ1n) is 7.00. The van der Waals surface area contributed by atoms with Crippen LogP contribution < -0.4 is 0 Å². The number of allylic oxidation sites excluding steroid dienone is 1. The van der Waals surface area contributed by atoms with E-state index in [2.05, 4.69) is 6.07 Å². The second-order valence-corrected chi connectivity index (χ2v) is 6.28. The van der Waals surface area contributed by atoms with Gasteiger partial charge in [-0.1, -0.05) is 46.9 Å². The lowest BCUT2D eigenvalue weighted by atomic mass is 10.1. The van der Waals surface area contributed by atoms with Gasteiger partial charge in [0.1, 0.15) is 11.5 Å². The molecule has 0 spiro atoms. The molecule has 0 N–H and O–H groups in total. The Morgan fingerprint density at radius 3 is 2.33 bits per heavy atom. The molecule has 1 heterocycles. The topological polar surface area (TPSA) is 36.9 Å². The van der Waals surface area contributed by atoms with Gasteiger partial charge in [-0.3, -0.25) is 0 Å². The molecule has 0 aliphatic carbocycles. The molecule has 118 valence electrons. The molecule has 24 heavy (non-hydrogen) atoms. The number of benzene rings is 2. The van der Waals surface area contributed by atoms with Crippen molar-refractivity contribution in [3.63, 3.8) is 0 Å². The largest absolute Gasteiger partial charge is 0.457 e. The highest BCUT2D eigenvalue weighted by atomic mass is 35.5. The number of rotatable bonds is 3. The first-order valence-corrected chi connectivity index (χ1v) is 8.13. The van der Waals surface area contributed by atoms with Gasteiger partial charge in [0.2, 0.25) is 0 Å². The van der Waals surface area contributed by atoms with E-state index in [1.807, 2.05) is 0 Å². The minimum atomic E-state index is 0.477. The molecule has 1 aromatic heterocycles. The van der Waals surface area contributed by atoms with Gasteiger partial charge in [0.25, 0.3) is 0 Å². The number of halogens is 3. The molecule has 0 saturated carbocycles. The Labute approximate surface area is 154 Å². The van der Waals surface area contributed by atoms with E-state index >= 15 is 0 Å². The molecule has 0 unspecified atom stereocenters. The van der Waals surface area contributed by atoms with Crippen LogP contribution in [0, 0.1) is 11.3 Å². The summed E-state index contributed by atoms with van der Waals surface area (Å²) in [7, 11) is 0. The van der Waals surface area contributed by atoms with E-state index in [9.17, 15) is 5.26 Å². The van der Waals surface area contributed by atoms with Gasteiger partial charge < -0.3 is 4.42 Å². The molecule has 2 nitrogen and oxygen atoms in total. The fourth-order valence-electron chi connectivity index (χ4n) is 2.21. The van der Waals surface area contributed by atoms with Gasteiger partial charge in [0, 0.05) is 15.6 Å². The van der Waals surface area contributed by atoms with E-state index in [1.165, 1.54) is 0 Å². The first kappa shape index (κ1) is 16.7. The monoisotopic (exact) mass is 373 g/mol. The first-order chi connectivity index (χ1) is 11.6. The molecule has 2 aromatic carbocycles. The van der Waals surface area contributed by atoms with Crippen molar-refractivity contribution in [2.45, 2.75) is 0 Å². The third-order valence-electron chi connectivity index (χ3n) is 3.38. The highest BCUT2D eigenvalue weighted by molar-refractivity contribution is 6.35. The maximum absolute atomic E-state index is 9.38. The normalized spacial score (nSPS) is 11.3. The minimum Gasteiger partial charge on any atom is -0.457 e. The zero-order valence-corrected chi connectivity index (χ0v) is 14.5. The summed E-state index contributed by atoms with van der Waals surface area (Å²) in [5.41, 5.74) is 1.94. The van der Waals surface area contributed by atoms with Crippen LogP contribution in [0.4, 0.5) is 0 Å². The number of nitriles is 1. The van der Waals surface area contributed by atoms with Crippen LogP contribution in [-0.4, -0.2) is 0 Å². The number of hydrogen-bond donors (Lipinski definition) is 0. The highest BCUT2D eigenvalue weighted by Crippen LogP contribution is 2.32. The van der Waals surface area contributed by atoms with Crippen LogP contribution in [0.15, 0.2) is 59.0 Å². The van der Waals surface area contributed by atoms with Gasteiger partial charge in [-0.2, -0.15) is 5.26 Å². The van der Waals surface area contributed by atoms with E-state index in [-0.39, 0.29) is 0 Å². The van der Waals surface area contributed by atoms with E-state index in [0.717, 1.165) is 5.56 Å². The van der Waals surface area contributed by atoms with E-state index in [0.29, 0.717) is 37.7 Å². The summed E-state index contributed by atoms with van der Waals surface area (Å²) in [6.07, 6.45) is 1.67. The standard InChI is InChI=1S/C19H10Cl3NO/c20-14-3-1-12(2-4-14)13(11-23)9-16-6-8-19(24-16)17-10-15(21)5-7-18(17)22/h1-10H/b13-9+. The molecule has 3 aromatic rings. The Kier molecular flexibility index (Phi) is 4.97. The Morgan fingerprint density at radius 1 is 0.917 bits per heavy atom. The van der Waals surface area contributed by atoms with E-state index in [4.69, 9.17) is 39.2 Å². The minimum absolute atomic E-state index is 0.477. The van der Waals surface area contributed by atoms with Crippen molar-refractivity contribution in [1.82, 2.24) is 0 Å². The molecule has 5 heteroatoms. The zero-order chi connectivity index (χ0) is 17.1. The van der Waals surface area contributed by atoms with Crippen molar-refractivity contribution in [1.29, 1.82) is 5.26 Å². The van der Waals surface area contributed by atoms with Crippen LogP contribution in [0.1, 0.15) is 11.3 Å². The molecule has 0 fully saturated rings. The van der Waals surface area contributed by atoms with Gasteiger partial charge >= 0.3 is 0 Å². The number of furan rings is 1. The molecular formula is C19H10Cl3NO. The third-order valence-corrected chi connectivity index (χ3v) is 4.20. The van der Waals surface area contributed by atoms with E-state index in [1.54, 1.807) is 60.7 Å². The molecule has 0 amide bonds. The lowest BCUT2D eigenvalue weighted by Gasteiger charge is -2.01. The van der Waals surface area contributed by atoms with Crippen LogP contribution in [0.3, 0.4) is 0 Å². The summed E-state index contributed by atoms with van der Waals surface area (Å²) in [5.74, 6) is 1.13. The van der Waals surface area contributed by atoms with Gasteiger partial charge in [0.15, 0.2) is 0 Å². The molecule has 0 bridgehead atoms. The molecule has 0 saturated heterocycles. The highest BCUT2D eigenvalue weighted by Gasteiger charge is 2.10. The lowest BCUT2D eigenvalue weighted by molar-refractivity contribution is 0.572. The Bertz CT molecular complexity index is 949. The summed E-state index contributed by atoms with van der Waals surface area (Å²) in [4.78, 5) is 0. The van der Waals surface area contributed by atoms with Crippen molar-refractivity contribution in [3.8, 4) is 17.4 Å². The van der Waals surface area contributed by atoms with Crippen molar-refractivity contribution in [2.24, 2.45) is 0 Å². The van der Waals surface area contributed by atoms with Crippen molar-refractivity contribution in [2.75, 3.05) is 0 Å². The summed E-state index contributed by atoms with van der Waals surface area (Å²) < 4.78 is 5.79. The number of nitrogens with zero attached hydrogens (tertiary/aromatic N) is 1. The molecule has 0 atom stereocenters. The summed E-state index contributed by atoms with van der Waals surface area (Å²) in [6.45, 7) is 0. The van der Waals surface area contributed by atoms with Crippen molar-refractivity contribution >= 4 is 46.5 Å². The van der Waals surface area contributed by atoms with Crippen molar-refractivity contribution in [3.05, 3.63) is 81.0 Å². The maximum Gasteiger partial charge on any atom is 0.136 e. The second kappa shape index (κ2) is 7.15. The van der Waals surface area contributed by atoms with Gasteiger partial charge in [-0.05, 0) is 54.1 Å². The second-order valence-electron chi connectivity index (χ2n) is 5.00. The van der Waals surface area contributed by atoms with Crippen LogP contribution in [0.25, 0.3) is 23.0 Å². The average molecular weight is 375 g/mol. The van der Waals surface area contributed by atoms with Gasteiger partial charge in [-0.25, -0.2) is 0 Å². The molecule has 3 rings (SSSR count). The van der Waals surface area contributed by atoms with Crippen LogP contribution in [-0.2, 0) is 0 Å². The zero-order valence-electron chi connectivity index (χ0n) is 12.3. The summed E-state index contributed by atoms with van der Waals surface area (Å²) in [6, 6.07) is 17.9. The Hall–Kier alpha value is -2.18. The average Bonchev–Trinajstić information content (AvgIpc) is 3.04. The SMILES string of the molecule is N#C/C(=C\c1ccc(-c2cc(Cl)ccc2Cl)o1)c1ccc(Cl)cc1. The van der Waals surface area contributed by atoms with Gasteiger partial charge in [0.05, 0.1) is 16.7 Å². The predicted molar refractivity (Wildman–Crippen MR) is 99.1 cm³/mol. The van der Waals surface area contributed by atoms with E-state index < -0.39 is 0 Å². The summed E-state index contributed by atoms with van der Waals surface area (Å²) in [5, 5.41) is 11.1. The van der Waals surface area contributed by atoms with Crippen LogP contribution in [0.5, 0.6) is 0 Å². The predicted octanol–water partition coefficient (Wildman–Crippen LogP) is 6.97. The Balaban J connectivity index is 1.96. The lowest BCUT2D eigenvalue weighted by Crippen LogP contribution is -1.80. The molecule has 0 aliphatic rings. The smallest absolute Gasteiger partial charge is 0.136 e. The maximum atomic E-state index is 9.38. The fraction of sp³-hybridized carbons (Fsp3) is 0. The van der Waals surface area contributed by atoms with Gasteiger partial charge in [-0.15, -0.1) is 0 Å². The fourth-order valence-corrected chi connectivity index (χ4v) is 2.72. The van der Waals surface area contributed by atoms with Crippen LogP contribution >= 0.6 is 34.8 Å². The number of hydrogen-bond acceptors (Lipinski definition) is 2. The molecular weight excluding hydrogens is 365 g/mol. The van der Waals surface area contributed by atoms with Crippen molar-refractivity contribution < 1.29 is 4.42 Å². The third kappa shape index (κ3) is 3.66. The van der Waals surface area contributed by atoms with Crippen LogP contribution in [0.2, 0.25) is 15.1 Å². The quantitative estimate of drug-likeness (QED) is 0.464. The Morgan fingerprint density at radius 2 is 1.62 bits per heavy atom. The molecule has 0 aliphatic heterocycles.